The van der Waals surface area contributed by atoms with Gasteiger partial charge in [-0.2, -0.15) is 0 Å². The van der Waals surface area contributed by atoms with E-state index in [0.717, 1.165) is 6.42 Å². The Balaban J connectivity index is 2.88. The highest BCUT2D eigenvalue weighted by atomic mass is 31.2. The lowest BCUT2D eigenvalue weighted by Crippen LogP contribution is -2.38. The molecule has 0 bridgehead atoms. The van der Waals surface area contributed by atoms with Crippen LogP contribution in [0.1, 0.15) is 19.8 Å². The number of methoxy groups -OCH3 is 2. The molecule has 1 aliphatic heterocycles. The zero-order valence-corrected chi connectivity index (χ0v) is 14.6. The molecule has 0 amide bonds. The van der Waals surface area contributed by atoms with E-state index in [1.807, 2.05) is 6.92 Å². The molecule has 0 aromatic heterocycles. The Bertz CT molecular complexity index is 421. The zero-order chi connectivity index (χ0) is 17.5. The molecule has 5 unspecified atom stereocenters. The van der Waals surface area contributed by atoms with Crippen LogP contribution >= 0.6 is 7.60 Å². The minimum Gasteiger partial charge on any atom is -0.481 e. The van der Waals surface area contributed by atoms with Crippen molar-refractivity contribution >= 4 is 21.4 Å². The molecule has 0 aromatic carbocycles. The Morgan fingerprint density at radius 2 is 2.04 bits per heavy atom. The smallest absolute Gasteiger partial charge is 0.342 e. The van der Waals surface area contributed by atoms with Crippen molar-refractivity contribution in [2.45, 2.75) is 44.1 Å². The first kappa shape index (κ1) is 20.6. The molecule has 1 heterocycles. The van der Waals surface area contributed by atoms with Gasteiger partial charge in [-0.25, -0.2) is 0 Å². The Labute approximate surface area is 137 Å². The number of hydrogen-bond acceptors (Lipinski definition) is 7. The molecule has 2 radical (unpaired) electrons. The Morgan fingerprint density at radius 1 is 1.35 bits per heavy atom. The van der Waals surface area contributed by atoms with Crippen LogP contribution in [-0.4, -0.2) is 76.8 Å². The predicted octanol–water partition coefficient (Wildman–Crippen LogP) is 1.02. The lowest BCUT2D eigenvalue weighted by atomic mass is 9.93. The van der Waals surface area contributed by atoms with Gasteiger partial charge in [-0.15, -0.1) is 0 Å². The molecular formula is C13H24BO8P. The summed E-state index contributed by atoms with van der Waals surface area (Å²) in [6, 6.07) is -0.793. The average molecular weight is 350 g/mol. The number of carboxylic acid groups (broad SMARTS) is 1. The van der Waals surface area contributed by atoms with E-state index in [9.17, 15) is 9.36 Å². The molecule has 1 rings (SSSR count). The summed E-state index contributed by atoms with van der Waals surface area (Å²) in [7, 11) is 4.84. The standard InChI is InChI=1S/C13H24BO8P/c1-4-5-6-20-23(17,8-10(15)16)22-11-9(7-18-2)21-13(14)12(11)19-3/h9,11-13H,4-8H2,1-3H3,(H,15,16). The van der Waals surface area contributed by atoms with Gasteiger partial charge in [0.05, 0.1) is 13.2 Å². The SMILES string of the molecule is [B]C1OC(COC)C(OP(=O)(CC(=O)O)OCCCC)C1OC. The Morgan fingerprint density at radius 3 is 2.57 bits per heavy atom. The van der Waals surface area contributed by atoms with Gasteiger partial charge >= 0.3 is 13.6 Å². The highest BCUT2D eigenvalue weighted by Gasteiger charge is 2.47. The third-order valence-corrected chi connectivity index (χ3v) is 5.14. The van der Waals surface area contributed by atoms with Gasteiger partial charge < -0.3 is 23.8 Å². The molecule has 132 valence electrons. The van der Waals surface area contributed by atoms with Gasteiger partial charge in [0.15, 0.2) is 0 Å². The average Bonchev–Trinajstić information content (AvgIpc) is 2.73. The minimum absolute atomic E-state index is 0.139. The summed E-state index contributed by atoms with van der Waals surface area (Å²) >= 11 is 0. The van der Waals surface area contributed by atoms with Gasteiger partial charge in [-0.1, -0.05) is 13.3 Å². The summed E-state index contributed by atoms with van der Waals surface area (Å²) in [5.74, 6) is -1.27. The molecule has 1 aliphatic rings. The van der Waals surface area contributed by atoms with Gasteiger partial charge in [-0.3, -0.25) is 13.9 Å². The molecule has 1 fully saturated rings. The second kappa shape index (κ2) is 9.76. The largest absolute Gasteiger partial charge is 0.481 e. The van der Waals surface area contributed by atoms with Gasteiger partial charge in [0, 0.05) is 20.2 Å². The number of ether oxygens (including phenoxy) is 3. The molecular weight excluding hydrogens is 326 g/mol. The fraction of sp³-hybridized carbons (Fsp3) is 0.923. The summed E-state index contributed by atoms with van der Waals surface area (Å²) in [4.78, 5) is 11.0. The van der Waals surface area contributed by atoms with Crippen molar-refractivity contribution in [1.29, 1.82) is 0 Å². The summed E-state index contributed by atoms with van der Waals surface area (Å²) in [6.45, 7) is 2.22. The molecule has 23 heavy (non-hydrogen) atoms. The quantitative estimate of drug-likeness (QED) is 0.335. The first-order valence-electron chi connectivity index (χ1n) is 7.43. The second-order valence-corrected chi connectivity index (χ2v) is 7.22. The molecule has 0 aromatic rings. The lowest BCUT2D eigenvalue weighted by molar-refractivity contribution is -0.134. The lowest BCUT2D eigenvalue weighted by Gasteiger charge is -2.27. The number of rotatable bonds is 11. The molecule has 8 nitrogen and oxygen atoms in total. The maximum absolute atomic E-state index is 12.8. The maximum Gasteiger partial charge on any atom is 0.342 e. The van der Waals surface area contributed by atoms with Crippen molar-refractivity contribution in [1.82, 2.24) is 0 Å². The van der Waals surface area contributed by atoms with Crippen LogP contribution in [0, 0.1) is 0 Å². The summed E-state index contributed by atoms with van der Waals surface area (Å²) in [5.41, 5.74) is 0. The van der Waals surface area contributed by atoms with Crippen LogP contribution in [0.4, 0.5) is 0 Å². The topological polar surface area (TPSA) is 101 Å². The Kier molecular flexibility index (Phi) is 8.75. The van der Waals surface area contributed by atoms with Crippen molar-refractivity contribution in [3.63, 3.8) is 0 Å². The van der Waals surface area contributed by atoms with E-state index in [0.29, 0.717) is 6.42 Å². The number of aliphatic carboxylic acids is 1. The number of hydrogen-bond donors (Lipinski definition) is 1. The van der Waals surface area contributed by atoms with Crippen molar-refractivity contribution < 1.29 is 37.7 Å². The fourth-order valence-electron chi connectivity index (χ4n) is 2.26. The van der Waals surface area contributed by atoms with Gasteiger partial charge in [0.1, 0.15) is 32.3 Å². The van der Waals surface area contributed by atoms with Crippen molar-refractivity contribution in [3.05, 3.63) is 0 Å². The highest BCUT2D eigenvalue weighted by molar-refractivity contribution is 7.54. The molecule has 5 atom stereocenters. The van der Waals surface area contributed by atoms with Gasteiger partial charge in [-0.05, 0) is 6.42 Å². The fourth-order valence-corrected chi connectivity index (χ4v) is 3.85. The first-order chi connectivity index (χ1) is 10.9. The van der Waals surface area contributed by atoms with E-state index in [1.54, 1.807) is 0 Å². The highest BCUT2D eigenvalue weighted by Crippen LogP contribution is 2.51. The van der Waals surface area contributed by atoms with E-state index >= 15 is 0 Å². The number of carboxylic acids is 1. The Hall–Kier alpha value is -0.435. The van der Waals surface area contributed by atoms with Gasteiger partial charge in [0.25, 0.3) is 0 Å². The van der Waals surface area contributed by atoms with Crippen LogP contribution in [0.15, 0.2) is 0 Å². The summed E-state index contributed by atoms with van der Waals surface area (Å²) < 4.78 is 39.3. The molecule has 0 aliphatic carbocycles. The number of carbonyl (C=O) groups is 1. The van der Waals surface area contributed by atoms with E-state index in [1.165, 1.54) is 14.2 Å². The van der Waals surface area contributed by atoms with Crippen molar-refractivity contribution in [2.75, 3.05) is 33.6 Å². The summed E-state index contributed by atoms with van der Waals surface area (Å²) in [5, 5.41) is 8.98. The van der Waals surface area contributed by atoms with Crippen LogP contribution in [-0.2, 0) is 32.6 Å². The van der Waals surface area contributed by atoms with Crippen LogP contribution in [0.5, 0.6) is 0 Å². The second-order valence-electron chi connectivity index (χ2n) is 5.21. The summed E-state index contributed by atoms with van der Waals surface area (Å²) in [6.07, 6.45) is -1.45. The molecule has 1 saturated heterocycles. The third-order valence-electron chi connectivity index (χ3n) is 3.35. The van der Waals surface area contributed by atoms with E-state index in [4.69, 9.17) is 36.2 Å². The number of unbranched alkanes of at least 4 members (excludes halogenated alkanes) is 1. The maximum atomic E-state index is 12.8. The molecule has 1 N–H and O–H groups in total. The monoisotopic (exact) mass is 350 g/mol. The predicted molar refractivity (Wildman–Crippen MR) is 82.9 cm³/mol. The van der Waals surface area contributed by atoms with E-state index in [-0.39, 0.29) is 13.2 Å². The van der Waals surface area contributed by atoms with Crippen LogP contribution in [0.2, 0.25) is 0 Å². The van der Waals surface area contributed by atoms with Crippen molar-refractivity contribution in [3.8, 4) is 0 Å². The molecule has 10 heteroatoms. The van der Waals surface area contributed by atoms with E-state index in [2.05, 4.69) is 0 Å². The van der Waals surface area contributed by atoms with Crippen LogP contribution in [0.3, 0.4) is 0 Å². The van der Waals surface area contributed by atoms with Crippen LogP contribution in [0.25, 0.3) is 0 Å². The minimum atomic E-state index is -3.86. The van der Waals surface area contributed by atoms with Crippen LogP contribution < -0.4 is 0 Å². The third kappa shape index (κ3) is 6.17. The van der Waals surface area contributed by atoms with Gasteiger partial charge in [0.2, 0.25) is 0 Å². The first-order valence-corrected chi connectivity index (χ1v) is 9.16. The normalized spacial score (nSPS) is 30.2. The molecule has 0 spiro atoms. The van der Waals surface area contributed by atoms with E-state index < -0.39 is 44.0 Å². The zero-order valence-electron chi connectivity index (χ0n) is 13.7. The van der Waals surface area contributed by atoms with Crippen molar-refractivity contribution in [2.24, 2.45) is 0 Å². The molecule has 0 saturated carbocycles.